The van der Waals surface area contributed by atoms with Gasteiger partial charge in [0.2, 0.25) is 11.8 Å². The van der Waals surface area contributed by atoms with E-state index in [1.165, 1.54) is 19.2 Å². The lowest BCUT2D eigenvalue weighted by atomic mass is 10.2. The molecule has 0 unspecified atom stereocenters. The summed E-state index contributed by atoms with van der Waals surface area (Å²) >= 11 is 0. The van der Waals surface area contributed by atoms with E-state index in [9.17, 15) is 19.3 Å². The van der Waals surface area contributed by atoms with Crippen LogP contribution in [0.3, 0.4) is 0 Å². The molecule has 2 rings (SSSR count). The lowest BCUT2D eigenvalue weighted by molar-refractivity contribution is -0.385. The Balaban J connectivity index is 2.60. The summed E-state index contributed by atoms with van der Waals surface area (Å²) in [5.41, 5.74) is -0.889. The highest BCUT2D eigenvalue weighted by Gasteiger charge is 2.33. The van der Waals surface area contributed by atoms with Gasteiger partial charge in [-0.15, -0.1) is 0 Å². The van der Waals surface area contributed by atoms with Gasteiger partial charge < -0.3 is 9.47 Å². The molecule has 0 bridgehead atoms. The molecule has 11 heteroatoms. The predicted octanol–water partition coefficient (Wildman–Crippen LogP) is 3.57. The second-order valence-corrected chi connectivity index (χ2v) is 7.01. The smallest absolute Gasteiger partial charge is 0.416 e. The number of pyridine rings is 1. The van der Waals surface area contributed by atoms with Crippen LogP contribution in [0.5, 0.6) is 6.01 Å². The number of hydrogen-bond donors (Lipinski definition) is 0. The summed E-state index contributed by atoms with van der Waals surface area (Å²) in [6, 6.07) is 2.41. The lowest BCUT2D eigenvalue weighted by Crippen LogP contribution is -2.37. The second-order valence-electron chi connectivity index (χ2n) is 7.01. The van der Waals surface area contributed by atoms with Gasteiger partial charge in [0.05, 0.1) is 18.1 Å². The third kappa shape index (κ3) is 5.80. The van der Waals surface area contributed by atoms with E-state index in [4.69, 9.17) is 9.47 Å². The third-order valence-electron chi connectivity index (χ3n) is 3.47. The van der Waals surface area contributed by atoms with E-state index < -0.39 is 28.3 Å². The minimum Gasteiger partial charge on any atom is -0.464 e. The maximum atomic E-state index is 13.1. The zero-order valence-electron chi connectivity index (χ0n) is 16.8. The first kappa shape index (κ1) is 21.9. The summed E-state index contributed by atoms with van der Waals surface area (Å²) in [5, 5.41) is 11.7. The van der Waals surface area contributed by atoms with Crippen molar-refractivity contribution in [3.8, 4) is 6.01 Å². The summed E-state index contributed by atoms with van der Waals surface area (Å²) in [5.74, 6) is -0.982. The minimum absolute atomic E-state index is 0.0224. The highest BCUT2D eigenvalue weighted by Crippen LogP contribution is 2.32. The molecule has 0 saturated heterocycles. The number of nitro groups is 1. The van der Waals surface area contributed by atoms with E-state index in [1.807, 2.05) is 0 Å². The fraction of sp³-hybridized carbons (Fsp3) is 0.444. The Morgan fingerprint density at radius 1 is 1.31 bits per heavy atom. The van der Waals surface area contributed by atoms with Crippen LogP contribution >= 0.6 is 0 Å². The molecule has 2 aromatic heterocycles. The summed E-state index contributed by atoms with van der Waals surface area (Å²) in [6.45, 7) is 8.14. The van der Waals surface area contributed by atoms with Gasteiger partial charge in [-0.3, -0.25) is 15.0 Å². The van der Waals surface area contributed by atoms with Crippen molar-refractivity contribution in [1.29, 1.82) is 0 Å². The van der Waals surface area contributed by atoms with Crippen molar-refractivity contribution in [2.24, 2.45) is 0 Å². The van der Waals surface area contributed by atoms with Crippen molar-refractivity contribution in [2.75, 3.05) is 11.5 Å². The number of halogens is 1. The Morgan fingerprint density at radius 3 is 2.52 bits per heavy atom. The Labute approximate surface area is 166 Å². The first-order valence-corrected chi connectivity index (χ1v) is 8.78. The maximum Gasteiger partial charge on any atom is 0.416 e. The van der Waals surface area contributed by atoms with Gasteiger partial charge in [0.1, 0.15) is 11.3 Å². The Kier molecular flexibility index (Phi) is 6.62. The van der Waals surface area contributed by atoms with Crippen molar-refractivity contribution >= 4 is 17.6 Å². The molecule has 0 N–H and O–H groups in total. The van der Waals surface area contributed by atoms with Crippen molar-refractivity contribution in [3.05, 3.63) is 45.6 Å². The van der Waals surface area contributed by atoms with Crippen molar-refractivity contribution in [2.45, 2.75) is 46.8 Å². The van der Waals surface area contributed by atoms with Crippen LogP contribution < -0.4 is 9.64 Å². The van der Waals surface area contributed by atoms with Crippen molar-refractivity contribution < 1.29 is 23.6 Å². The van der Waals surface area contributed by atoms with Crippen LogP contribution in [-0.4, -0.2) is 38.2 Å². The molecule has 10 nitrogen and oxygen atoms in total. The monoisotopic (exact) mass is 407 g/mol. The number of ether oxygens (including phenoxy) is 2. The van der Waals surface area contributed by atoms with Gasteiger partial charge in [-0.2, -0.15) is 14.4 Å². The van der Waals surface area contributed by atoms with Crippen LogP contribution in [-0.2, 0) is 11.3 Å². The van der Waals surface area contributed by atoms with Gasteiger partial charge in [0.15, 0.2) is 0 Å². The quantitative estimate of drug-likeness (QED) is 0.405. The summed E-state index contributed by atoms with van der Waals surface area (Å²) < 4.78 is 23.8. The van der Waals surface area contributed by atoms with Gasteiger partial charge >= 0.3 is 17.8 Å². The number of aryl methyl sites for hydroxylation is 1. The van der Waals surface area contributed by atoms with Crippen LogP contribution in [0.2, 0.25) is 0 Å². The van der Waals surface area contributed by atoms with Gasteiger partial charge in [0.25, 0.3) is 0 Å². The number of amides is 1. The number of carbonyl (C=O) groups is 1. The first-order chi connectivity index (χ1) is 13.5. The molecule has 2 aromatic rings. The zero-order chi connectivity index (χ0) is 21.8. The second kappa shape index (κ2) is 8.76. The van der Waals surface area contributed by atoms with Crippen molar-refractivity contribution in [1.82, 2.24) is 15.0 Å². The normalized spacial score (nSPS) is 11.1. The molecule has 0 aromatic carbocycles. The van der Waals surface area contributed by atoms with Gasteiger partial charge in [0, 0.05) is 6.20 Å². The highest BCUT2D eigenvalue weighted by atomic mass is 19.1. The minimum atomic E-state index is -0.870. The SMILES string of the molecule is CCOc1nc(C)c([N+](=O)[O-])c(N(Cc2ccc(F)nc2)C(=O)OC(C)(C)C)n1. The van der Waals surface area contributed by atoms with Crippen LogP contribution in [0.15, 0.2) is 18.3 Å². The summed E-state index contributed by atoms with van der Waals surface area (Å²) in [6.07, 6.45) is 0.348. The Bertz CT molecular complexity index is 899. The molecule has 0 saturated carbocycles. The number of aromatic nitrogens is 3. The van der Waals surface area contributed by atoms with E-state index in [0.717, 1.165) is 11.0 Å². The molecule has 2 heterocycles. The number of anilines is 1. The molecular formula is C18H22FN5O5. The summed E-state index contributed by atoms with van der Waals surface area (Å²) in [7, 11) is 0. The van der Waals surface area contributed by atoms with Crippen LogP contribution in [0.4, 0.5) is 20.7 Å². The van der Waals surface area contributed by atoms with E-state index in [-0.39, 0.29) is 30.7 Å². The molecule has 0 aliphatic heterocycles. The van der Waals surface area contributed by atoms with E-state index >= 15 is 0 Å². The van der Waals surface area contributed by atoms with E-state index in [1.54, 1.807) is 27.7 Å². The molecule has 0 aliphatic rings. The fourth-order valence-corrected chi connectivity index (χ4v) is 2.35. The lowest BCUT2D eigenvalue weighted by Gasteiger charge is -2.26. The predicted molar refractivity (Wildman–Crippen MR) is 101 cm³/mol. The average Bonchev–Trinajstić information content (AvgIpc) is 2.59. The molecule has 0 atom stereocenters. The van der Waals surface area contributed by atoms with Gasteiger partial charge in [-0.05, 0) is 46.2 Å². The van der Waals surface area contributed by atoms with Crippen molar-refractivity contribution in [3.63, 3.8) is 0 Å². The highest BCUT2D eigenvalue weighted by molar-refractivity contribution is 5.89. The molecule has 0 spiro atoms. The zero-order valence-corrected chi connectivity index (χ0v) is 16.8. The van der Waals surface area contributed by atoms with Gasteiger partial charge in [-0.1, -0.05) is 6.07 Å². The summed E-state index contributed by atoms with van der Waals surface area (Å²) in [4.78, 5) is 36.4. The van der Waals surface area contributed by atoms with E-state index in [2.05, 4.69) is 15.0 Å². The maximum absolute atomic E-state index is 13.1. The van der Waals surface area contributed by atoms with Gasteiger partial charge in [-0.25, -0.2) is 9.78 Å². The van der Waals surface area contributed by atoms with Crippen LogP contribution in [0.1, 0.15) is 39.0 Å². The number of hydrogen-bond acceptors (Lipinski definition) is 8. The molecule has 0 fully saturated rings. The molecule has 156 valence electrons. The molecular weight excluding hydrogens is 385 g/mol. The number of nitrogens with zero attached hydrogens (tertiary/aromatic N) is 5. The standard InChI is InChI=1S/C18H22FN5O5/c1-6-28-16-21-11(2)14(24(26)27)15(22-16)23(17(25)29-18(3,4)5)10-12-7-8-13(19)20-9-12/h7-9H,6,10H2,1-5H3. The largest absolute Gasteiger partial charge is 0.464 e. The van der Waals surface area contributed by atoms with Crippen LogP contribution in [0.25, 0.3) is 0 Å². The molecule has 0 aliphatic carbocycles. The van der Waals surface area contributed by atoms with E-state index in [0.29, 0.717) is 5.56 Å². The number of rotatable bonds is 6. The Morgan fingerprint density at radius 2 is 2.00 bits per heavy atom. The average molecular weight is 407 g/mol. The Hall–Kier alpha value is -3.37. The molecule has 1 amide bonds. The molecule has 29 heavy (non-hydrogen) atoms. The third-order valence-corrected chi connectivity index (χ3v) is 3.47. The van der Waals surface area contributed by atoms with Crippen LogP contribution in [0, 0.1) is 23.0 Å². The molecule has 0 radical (unpaired) electrons. The fourth-order valence-electron chi connectivity index (χ4n) is 2.35. The first-order valence-electron chi connectivity index (χ1n) is 8.78. The number of carbonyl (C=O) groups excluding carboxylic acids is 1. The topological polar surface area (TPSA) is 121 Å².